The summed E-state index contributed by atoms with van der Waals surface area (Å²) in [4.78, 5) is 26.0. The van der Waals surface area contributed by atoms with E-state index < -0.39 is 21.8 Å². The molecule has 3 aromatic rings. The highest BCUT2D eigenvalue weighted by molar-refractivity contribution is 7.89. The first kappa shape index (κ1) is 24.6. The third kappa shape index (κ3) is 5.75. The number of sulfonamides is 1. The maximum Gasteiger partial charge on any atom is 0.257 e. The molecule has 35 heavy (non-hydrogen) atoms. The lowest BCUT2D eigenvalue weighted by Crippen LogP contribution is -2.43. The van der Waals surface area contributed by atoms with Gasteiger partial charge in [0.25, 0.3) is 5.91 Å². The fourth-order valence-corrected chi connectivity index (χ4v) is 5.60. The number of piperidine rings is 1. The summed E-state index contributed by atoms with van der Waals surface area (Å²) < 4.78 is 40.5. The molecule has 1 aliphatic heterocycles. The van der Waals surface area contributed by atoms with Crippen LogP contribution < -0.4 is 10.6 Å². The summed E-state index contributed by atoms with van der Waals surface area (Å²) in [7, 11) is -3.86. The quantitative estimate of drug-likeness (QED) is 0.529. The second-order valence-corrected chi connectivity index (χ2v) is 10.5. The summed E-state index contributed by atoms with van der Waals surface area (Å²) in [5.41, 5.74) is 2.29. The van der Waals surface area contributed by atoms with Crippen molar-refractivity contribution in [1.82, 2.24) is 4.31 Å². The Kier molecular flexibility index (Phi) is 7.28. The number of hydrogen-bond acceptors (Lipinski definition) is 4. The van der Waals surface area contributed by atoms with E-state index in [0.717, 1.165) is 17.7 Å². The van der Waals surface area contributed by atoms with Crippen LogP contribution in [0.3, 0.4) is 0 Å². The van der Waals surface area contributed by atoms with Crippen LogP contribution in [0.2, 0.25) is 0 Å². The van der Waals surface area contributed by atoms with E-state index in [2.05, 4.69) is 10.6 Å². The number of para-hydroxylation sites is 1. The standard InChI is InChI=1S/C26H26FN3O4S/c1-18-6-4-8-21(16-18)28-26(32)23-9-2-3-10-24(23)29-25(31)19-7-5-15-30(17-19)35(33,34)22-13-11-20(27)12-14-22/h2-4,6,8-14,16,19H,5,7,15,17H2,1H3,(H,28,32)(H,29,31). The van der Waals surface area contributed by atoms with Gasteiger partial charge in [-0.05, 0) is 73.9 Å². The third-order valence-corrected chi connectivity index (χ3v) is 7.79. The lowest BCUT2D eigenvalue weighted by Gasteiger charge is -2.31. The zero-order chi connectivity index (χ0) is 25.0. The summed E-state index contributed by atoms with van der Waals surface area (Å²) in [5, 5.41) is 5.64. The minimum Gasteiger partial charge on any atom is -0.325 e. The minimum absolute atomic E-state index is 0.00317. The molecule has 1 atom stereocenters. The molecule has 0 radical (unpaired) electrons. The molecular weight excluding hydrogens is 469 g/mol. The number of benzene rings is 3. The topological polar surface area (TPSA) is 95.6 Å². The van der Waals surface area contributed by atoms with Crippen molar-refractivity contribution in [2.24, 2.45) is 5.92 Å². The van der Waals surface area contributed by atoms with Crippen molar-refractivity contribution in [1.29, 1.82) is 0 Å². The number of rotatable bonds is 6. The second kappa shape index (κ2) is 10.4. The maximum absolute atomic E-state index is 13.2. The van der Waals surface area contributed by atoms with Crippen LogP contribution >= 0.6 is 0 Å². The van der Waals surface area contributed by atoms with Crippen molar-refractivity contribution in [3.63, 3.8) is 0 Å². The number of anilines is 2. The molecule has 182 valence electrons. The Morgan fingerprint density at radius 2 is 1.71 bits per heavy atom. The van der Waals surface area contributed by atoms with E-state index in [1.807, 2.05) is 25.1 Å². The molecule has 2 amide bonds. The summed E-state index contributed by atoms with van der Waals surface area (Å²) in [6.07, 6.45) is 1.02. The number of carbonyl (C=O) groups is 2. The Hall–Kier alpha value is -3.56. The molecule has 4 rings (SSSR count). The lowest BCUT2D eigenvalue weighted by atomic mass is 9.98. The van der Waals surface area contributed by atoms with Gasteiger partial charge in [-0.15, -0.1) is 0 Å². The zero-order valence-corrected chi connectivity index (χ0v) is 20.0. The van der Waals surface area contributed by atoms with Gasteiger partial charge < -0.3 is 10.6 Å². The van der Waals surface area contributed by atoms with E-state index in [4.69, 9.17) is 0 Å². The van der Waals surface area contributed by atoms with Gasteiger partial charge in [-0.2, -0.15) is 4.31 Å². The zero-order valence-electron chi connectivity index (χ0n) is 19.2. The van der Waals surface area contributed by atoms with Crippen LogP contribution in [0.5, 0.6) is 0 Å². The van der Waals surface area contributed by atoms with Gasteiger partial charge in [-0.25, -0.2) is 12.8 Å². The summed E-state index contributed by atoms with van der Waals surface area (Å²) in [6.45, 7) is 2.20. The molecule has 0 aliphatic carbocycles. The van der Waals surface area contributed by atoms with Gasteiger partial charge in [0, 0.05) is 18.8 Å². The normalized spacial score (nSPS) is 16.5. The first-order valence-electron chi connectivity index (χ1n) is 11.3. The van der Waals surface area contributed by atoms with Crippen LogP contribution in [-0.4, -0.2) is 37.6 Å². The van der Waals surface area contributed by atoms with E-state index in [-0.39, 0.29) is 29.8 Å². The van der Waals surface area contributed by atoms with Gasteiger partial charge >= 0.3 is 0 Å². The van der Waals surface area contributed by atoms with E-state index in [1.165, 1.54) is 16.4 Å². The monoisotopic (exact) mass is 495 g/mol. The highest BCUT2D eigenvalue weighted by atomic mass is 32.2. The van der Waals surface area contributed by atoms with E-state index >= 15 is 0 Å². The van der Waals surface area contributed by atoms with Gasteiger partial charge in [0.15, 0.2) is 0 Å². The SMILES string of the molecule is Cc1cccc(NC(=O)c2ccccc2NC(=O)C2CCCN(S(=O)(=O)c3ccc(F)cc3)C2)c1. The molecule has 7 nitrogen and oxygen atoms in total. The van der Waals surface area contributed by atoms with Gasteiger partial charge in [-0.3, -0.25) is 9.59 Å². The Morgan fingerprint density at radius 1 is 0.971 bits per heavy atom. The van der Waals surface area contributed by atoms with Crippen molar-refractivity contribution < 1.29 is 22.4 Å². The van der Waals surface area contributed by atoms with Crippen LogP contribution in [0.1, 0.15) is 28.8 Å². The smallest absolute Gasteiger partial charge is 0.257 e. The molecule has 1 unspecified atom stereocenters. The fraction of sp³-hybridized carbons (Fsp3) is 0.231. The second-order valence-electron chi connectivity index (χ2n) is 8.51. The average molecular weight is 496 g/mol. The minimum atomic E-state index is -3.86. The molecule has 0 aromatic heterocycles. The number of aryl methyl sites for hydroxylation is 1. The highest BCUT2D eigenvalue weighted by Gasteiger charge is 2.33. The predicted molar refractivity (Wildman–Crippen MR) is 132 cm³/mol. The summed E-state index contributed by atoms with van der Waals surface area (Å²) in [6, 6.07) is 18.7. The molecule has 0 spiro atoms. The number of hydrogen-bond donors (Lipinski definition) is 2. The Bertz CT molecular complexity index is 1340. The molecule has 2 N–H and O–H groups in total. The lowest BCUT2D eigenvalue weighted by molar-refractivity contribution is -0.120. The van der Waals surface area contributed by atoms with Crippen molar-refractivity contribution in [2.45, 2.75) is 24.7 Å². The molecule has 1 heterocycles. The molecule has 1 aliphatic rings. The van der Waals surface area contributed by atoms with Crippen LogP contribution in [-0.2, 0) is 14.8 Å². The largest absolute Gasteiger partial charge is 0.325 e. The first-order valence-corrected chi connectivity index (χ1v) is 12.7. The molecule has 0 saturated carbocycles. The van der Waals surface area contributed by atoms with Crippen LogP contribution in [0.15, 0.2) is 77.7 Å². The Morgan fingerprint density at radius 3 is 2.46 bits per heavy atom. The Labute approximate surface area is 204 Å². The molecule has 3 aromatic carbocycles. The molecule has 9 heteroatoms. The van der Waals surface area contributed by atoms with Crippen LogP contribution in [0.4, 0.5) is 15.8 Å². The van der Waals surface area contributed by atoms with Gasteiger partial charge in [0.05, 0.1) is 22.1 Å². The number of amides is 2. The van der Waals surface area contributed by atoms with Crippen LogP contribution in [0, 0.1) is 18.7 Å². The number of nitrogens with one attached hydrogen (secondary N) is 2. The molecule has 1 fully saturated rings. The van der Waals surface area contributed by atoms with E-state index in [1.54, 1.807) is 30.3 Å². The molecule has 1 saturated heterocycles. The maximum atomic E-state index is 13.2. The van der Waals surface area contributed by atoms with Crippen LogP contribution in [0.25, 0.3) is 0 Å². The summed E-state index contributed by atoms with van der Waals surface area (Å²) in [5.74, 6) is -1.84. The third-order valence-electron chi connectivity index (χ3n) is 5.91. The van der Waals surface area contributed by atoms with Crippen molar-refractivity contribution in [3.8, 4) is 0 Å². The van der Waals surface area contributed by atoms with Crippen molar-refractivity contribution in [3.05, 3.63) is 89.7 Å². The van der Waals surface area contributed by atoms with Crippen molar-refractivity contribution >= 4 is 33.2 Å². The number of halogens is 1. The number of nitrogens with zero attached hydrogens (tertiary/aromatic N) is 1. The predicted octanol–water partition coefficient (Wildman–Crippen LogP) is 4.43. The highest BCUT2D eigenvalue weighted by Crippen LogP contribution is 2.26. The average Bonchev–Trinajstić information content (AvgIpc) is 2.84. The summed E-state index contributed by atoms with van der Waals surface area (Å²) >= 11 is 0. The molecule has 0 bridgehead atoms. The van der Waals surface area contributed by atoms with Gasteiger partial charge in [0.2, 0.25) is 15.9 Å². The first-order chi connectivity index (χ1) is 16.7. The van der Waals surface area contributed by atoms with Gasteiger partial charge in [-0.1, -0.05) is 24.3 Å². The molecular formula is C26H26FN3O4S. The number of carbonyl (C=O) groups excluding carboxylic acids is 2. The Balaban J connectivity index is 1.47. The fourth-order valence-electron chi connectivity index (χ4n) is 4.08. The van der Waals surface area contributed by atoms with E-state index in [9.17, 15) is 22.4 Å². The van der Waals surface area contributed by atoms with E-state index in [0.29, 0.717) is 29.8 Å². The van der Waals surface area contributed by atoms with Crippen molar-refractivity contribution in [2.75, 3.05) is 23.7 Å². The van der Waals surface area contributed by atoms with Gasteiger partial charge in [0.1, 0.15) is 5.82 Å².